The number of hydrogen-bond donors (Lipinski definition) is 2. The van der Waals surface area contributed by atoms with Gasteiger partial charge in [-0.25, -0.2) is 4.79 Å². The molecule has 2 atom stereocenters. The second-order valence-corrected chi connectivity index (χ2v) is 6.00. The number of benzene rings is 1. The van der Waals surface area contributed by atoms with Crippen molar-refractivity contribution in [2.45, 2.75) is 32.2 Å². The highest BCUT2D eigenvalue weighted by Crippen LogP contribution is 2.46. The molecule has 0 radical (unpaired) electrons. The van der Waals surface area contributed by atoms with Gasteiger partial charge >= 0.3 is 6.03 Å². The van der Waals surface area contributed by atoms with Gasteiger partial charge in [0.15, 0.2) is 0 Å². The van der Waals surface area contributed by atoms with Gasteiger partial charge in [0.05, 0.1) is 6.04 Å². The van der Waals surface area contributed by atoms with Crippen LogP contribution in [-0.4, -0.2) is 12.1 Å². The second-order valence-electron chi connectivity index (χ2n) is 6.00. The average Bonchev–Trinajstić information content (AvgIpc) is 2.42. The maximum absolute atomic E-state index is 11.3. The molecule has 0 aromatic heterocycles. The Labute approximate surface area is 120 Å². The highest BCUT2D eigenvalue weighted by atomic mass is 16.2. The summed E-state index contributed by atoms with van der Waals surface area (Å²) in [6.45, 7) is 6.55. The Morgan fingerprint density at radius 2 is 1.90 bits per heavy atom. The predicted octanol–water partition coefficient (Wildman–Crippen LogP) is 3.13. The fourth-order valence-electron chi connectivity index (χ4n) is 2.85. The SMILES string of the molecule is CC(C)(c1ccccc1)C1(C)C=CC=CC1NC(N)=O. The molecule has 1 aromatic rings. The van der Waals surface area contributed by atoms with E-state index in [1.165, 1.54) is 5.56 Å². The number of amides is 2. The van der Waals surface area contributed by atoms with Crippen LogP contribution in [0.25, 0.3) is 0 Å². The van der Waals surface area contributed by atoms with Crippen LogP contribution in [0.1, 0.15) is 26.3 Å². The molecule has 3 nitrogen and oxygen atoms in total. The molecule has 3 heteroatoms. The van der Waals surface area contributed by atoms with Crippen molar-refractivity contribution in [1.29, 1.82) is 0 Å². The minimum atomic E-state index is -0.495. The maximum Gasteiger partial charge on any atom is 0.312 e. The summed E-state index contributed by atoms with van der Waals surface area (Å²) in [4.78, 5) is 11.3. The van der Waals surface area contributed by atoms with E-state index in [0.29, 0.717) is 0 Å². The fraction of sp³-hybridized carbons (Fsp3) is 0.353. The zero-order chi connectivity index (χ0) is 14.8. The molecule has 0 bridgehead atoms. The van der Waals surface area contributed by atoms with Crippen LogP contribution in [0.2, 0.25) is 0 Å². The Morgan fingerprint density at radius 3 is 2.50 bits per heavy atom. The van der Waals surface area contributed by atoms with Gasteiger partial charge < -0.3 is 11.1 Å². The van der Waals surface area contributed by atoms with E-state index in [9.17, 15) is 4.79 Å². The van der Waals surface area contributed by atoms with E-state index in [1.807, 2.05) is 36.4 Å². The third-order valence-electron chi connectivity index (χ3n) is 4.64. The lowest BCUT2D eigenvalue weighted by atomic mass is 9.58. The van der Waals surface area contributed by atoms with Crippen molar-refractivity contribution in [2.24, 2.45) is 11.1 Å². The van der Waals surface area contributed by atoms with E-state index < -0.39 is 6.03 Å². The lowest BCUT2D eigenvalue weighted by Crippen LogP contribution is -2.54. The molecule has 0 spiro atoms. The van der Waals surface area contributed by atoms with E-state index in [1.54, 1.807) is 0 Å². The molecule has 0 heterocycles. The van der Waals surface area contributed by atoms with Gasteiger partial charge in [-0.2, -0.15) is 0 Å². The molecule has 1 aliphatic carbocycles. The highest BCUT2D eigenvalue weighted by Gasteiger charge is 2.46. The minimum Gasteiger partial charge on any atom is -0.352 e. The van der Waals surface area contributed by atoms with Gasteiger partial charge in [-0.15, -0.1) is 0 Å². The zero-order valence-electron chi connectivity index (χ0n) is 12.3. The first-order valence-electron chi connectivity index (χ1n) is 6.85. The quantitative estimate of drug-likeness (QED) is 0.871. The van der Waals surface area contributed by atoms with Crippen LogP contribution in [0.4, 0.5) is 4.79 Å². The highest BCUT2D eigenvalue weighted by molar-refractivity contribution is 5.72. The van der Waals surface area contributed by atoms with Crippen molar-refractivity contribution >= 4 is 6.03 Å². The zero-order valence-corrected chi connectivity index (χ0v) is 12.3. The van der Waals surface area contributed by atoms with E-state index >= 15 is 0 Å². The molecule has 106 valence electrons. The topological polar surface area (TPSA) is 55.1 Å². The fourth-order valence-corrected chi connectivity index (χ4v) is 2.85. The molecule has 3 N–H and O–H groups in total. The van der Waals surface area contributed by atoms with Crippen molar-refractivity contribution in [2.75, 3.05) is 0 Å². The number of nitrogens with two attached hydrogens (primary N) is 1. The van der Waals surface area contributed by atoms with Crippen molar-refractivity contribution < 1.29 is 4.79 Å². The molecule has 2 unspecified atom stereocenters. The molecule has 20 heavy (non-hydrogen) atoms. The van der Waals surface area contributed by atoms with Gasteiger partial charge in [0.25, 0.3) is 0 Å². The molecule has 0 saturated heterocycles. The van der Waals surface area contributed by atoms with Gasteiger partial charge in [-0.1, -0.05) is 75.4 Å². The van der Waals surface area contributed by atoms with Gasteiger partial charge in [-0.05, 0) is 5.56 Å². The first-order valence-corrected chi connectivity index (χ1v) is 6.85. The number of urea groups is 1. The van der Waals surface area contributed by atoms with Crippen LogP contribution in [0.5, 0.6) is 0 Å². The summed E-state index contributed by atoms with van der Waals surface area (Å²) in [5, 5.41) is 2.85. The largest absolute Gasteiger partial charge is 0.352 e. The number of hydrogen-bond acceptors (Lipinski definition) is 1. The number of nitrogens with one attached hydrogen (secondary N) is 1. The Hall–Kier alpha value is -2.03. The molecule has 1 aliphatic rings. The summed E-state index contributed by atoms with van der Waals surface area (Å²) in [7, 11) is 0. The summed E-state index contributed by atoms with van der Waals surface area (Å²) >= 11 is 0. The molecule has 0 saturated carbocycles. The van der Waals surface area contributed by atoms with Gasteiger partial charge in [0.1, 0.15) is 0 Å². The lowest BCUT2D eigenvalue weighted by molar-refractivity contribution is 0.186. The Kier molecular flexibility index (Phi) is 3.71. The average molecular weight is 270 g/mol. The Balaban J connectivity index is 2.43. The Bertz CT molecular complexity index is 545. The second kappa shape index (κ2) is 5.16. The van der Waals surface area contributed by atoms with Crippen molar-refractivity contribution in [3.05, 3.63) is 60.2 Å². The lowest BCUT2D eigenvalue weighted by Gasteiger charge is -2.48. The monoisotopic (exact) mass is 270 g/mol. The number of rotatable bonds is 3. The number of allylic oxidation sites excluding steroid dienone is 2. The standard InChI is InChI=1S/C17H22N2O/c1-16(2,13-9-5-4-6-10-13)17(3)12-8-7-11-14(17)19-15(18)20/h4-12,14H,1-3H3,(H3,18,19,20). The van der Waals surface area contributed by atoms with Gasteiger partial charge in [0.2, 0.25) is 0 Å². The minimum absolute atomic E-state index is 0.125. The first-order chi connectivity index (χ1) is 9.38. The van der Waals surface area contributed by atoms with E-state index in [-0.39, 0.29) is 16.9 Å². The van der Waals surface area contributed by atoms with Crippen LogP contribution in [-0.2, 0) is 5.41 Å². The number of primary amides is 1. The van der Waals surface area contributed by atoms with Crippen LogP contribution in [0.3, 0.4) is 0 Å². The molecule has 1 aromatic carbocycles. The normalized spacial score (nSPS) is 25.4. The third-order valence-corrected chi connectivity index (χ3v) is 4.64. The van der Waals surface area contributed by atoms with Gasteiger partial charge in [0, 0.05) is 10.8 Å². The molecular weight excluding hydrogens is 248 g/mol. The molecular formula is C17H22N2O. The predicted molar refractivity (Wildman–Crippen MR) is 82.4 cm³/mol. The summed E-state index contributed by atoms with van der Waals surface area (Å²) in [5.41, 5.74) is 6.15. The van der Waals surface area contributed by atoms with E-state index in [4.69, 9.17) is 5.73 Å². The van der Waals surface area contributed by atoms with Crippen molar-refractivity contribution in [3.63, 3.8) is 0 Å². The van der Waals surface area contributed by atoms with Crippen LogP contribution < -0.4 is 11.1 Å². The van der Waals surface area contributed by atoms with E-state index in [2.05, 4.69) is 44.3 Å². The third kappa shape index (κ3) is 2.36. The molecule has 2 amide bonds. The van der Waals surface area contributed by atoms with Gasteiger partial charge in [-0.3, -0.25) is 0 Å². The summed E-state index contributed by atoms with van der Waals surface area (Å²) in [5.74, 6) is 0. The maximum atomic E-state index is 11.3. The summed E-state index contributed by atoms with van der Waals surface area (Å²) in [6, 6.07) is 9.72. The Morgan fingerprint density at radius 1 is 1.25 bits per heavy atom. The smallest absolute Gasteiger partial charge is 0.312 e. The van der Waals surface area contributed by atoms with Crippen LogP contribution in [0.15, 0.2) is 54.6 Å². The number of carbonyl (C=O) groups is 1. The molecule has 0 fully saturated rings. The number of carbonyl (C=O) groups excluding carboxylic acids is 1. The van der Waals surface area contributed by atoms with E-state index in [0.717, 1.165) is 0 Å². The molecule has 0 aliphatic heterocycles. The van der Waals surface area contributed by atoms with Crippen LogP contribution in [0, 0.1) is 5.41 Å². The van der Waals surface area contributed by atoms with Crippen molar-refractivity contribution in [3.8, 4) is 0 Å². The van der Waals surface area contributed by atoms with Crippen molar-refractivity contribution in [1.82, 2.24) is 5.32 Å². The molecule has 2 rings (SSSR count). The summed E-state index contributed by atoms with van der Waals surface area (Å²) in [6.07, 6.45) is 8.13. The first kappa shape index (κ1) is 14.4. The summed E-state index contributed by atoms with van der Waals surface area (Å²) < 4.78 is 0. The van der Waals surface area contributed by atoms with Crippen LogP contribution >= 0.6 is 0 Å².